The highest BCUT2D eigenvalue weighted by Gasteiger charge is 2.43. The van der Waals surface area contributed by atoms with Crippen LogP contribution in [0, 0.1) is 23.4 Å². The summed E-state index contributed by atoms with van der Waals surface area (Å²) < 4.78 is 42.2. The van der Waals surface area contributed by atoms with Crippen LogP contribution in [0.4, 0.5) is 13.2 Å². The molecule has 0 spiro atoms. The van der Waals surface area contributed by atoms with Crippen LogP contribution in [0.1, 0.15) is 59.5 Å². The maximum absolute atomic E-state index is 13.9. The Morgan fingerprint density at radius 1 is 1.18 bits per heavy atom. The molecule has 4 rings (SSSR count). The average Bonchev–Trinajstić information content (AvgIpc) is 2.76. The van der Waals surface area contributed by atoms with Gasteiger partial charge in [-0.05, 0) is 25.2 Å². The molecule has 1 aromatic carbocycles. The predicted molar refractivity (Wildman–Crippen MR) is 112 cm³/mol. The van der Waals surface area contributed by atoms with Gasteiger partial charge in [-0.2, -0.15) is 0 Å². The Morgan fingerprint density at radius 2 is 1.85 bits per heavy atom. The van der Waals surface area contributed by atoms with Gasteiger partial charge in [-0.1, -0.05) is 13.8 Å². The van der Waals surface area contributed by atoms with E-state index in [4.69, 9.17) is 0 Å². The molecule has 0 aliphatic carbocycles. The van der Waals surface area contributed by atoms with Gasteiger partial charge in [0.05, 0.1) is 6.04 Å². The zero-order valence-electron chi connectivity index (χ0n) is 18.2. The first-order valence-corrected chi connectivity index (χ1v) is 10.8. The number of pyridine rings is 1. The lowest BCUT2D eigenvalue weighted by Crippen LogP contribution is -2.58. The molecule has 2 aromatic rings. The van der Waals surface area contributed by atoms with E-state index < -0.39 is 58.1 Å². The van der Waals surface area contributed by atoms with Gasteiger partial charge in [0.15, 0.2) is 11.4 Å². The molecule has 176 valence electrons. The molecule has 0 saturated carbocycles. The largest absolute Gasteiger partial charge is 0.503 e. The van der Waals surface area contributed by atoms with Crippen LogP contribution in [0.2, 0.25) is 0 Å². The third-order valence-corrected chi connectivity index (χ3v) is 6.69. The number of piperidine rings is 1. The highest BCUT2D eigenvalue weighted by molar-refractivity contribution is 5.99. The van der Waals surface area contributed by atoms with Crippen LogP contribution < -0.4 is 10.7 Å². The minimum atomic E-state index is -1.18. The molecule has 2 N–H and O–H groups in total. The second-order valence-electron chi connectivity index (χ2n) is 8.65. The Kier molecular flexibility index (Phi) is 5.94. The van der Waals surface area contributed by atoms with E-state index in [0.717, 1.165) is 19.3 Å². The first-order valence-electron chi connectivity index (χ1n) is 10.8. The summed E-state index contributed by atoms with van der Waals surface area (Å²) in [4.78, 5) is 40.3. The number of rotatable bonds is 4. The number of hydrogen-bond acceptors (Lipinski definition) is 4. The molecule has 10 heteroatoms. The third kappa shape index (κ3) is 3.87. The summed E-state index contributed by atoms with van der Waals surface area (Å²) in [6.07, 6.45) is 3.71. The number of fused-ring (bicyclic) bond motifs is 2. The van der Waals surface area contributed by atoms with E-state index in [0.29, 0.717) is 18.7 Å². The Hall–Kier alpha value is -3.30. The van der Waals surface area contributed by atoms with Crippen molar-refractivity contribution in [3.8, 4) is 5.75 Å². The normalized spacial score (nSPS) is 22.0. The number of amides is 2. The number of nitrogens with zero attached hydrogens (tertiary/aromatic N) is 2. The molecular formula is C23H24F3N3O4. The number of carbonyl (C=O) groups is 2. The topological polar surface area (TPSA) is 91.6 Å². The quantitative estimate of drug-likeness (QED) is 0.730. The van der Waals surface area contributed by atoms with Crippen molar-refractivity contribution >= 4 is 11.8 Å². The smallest absolute Gasteiger partial charge is 0.275 e. The fraction of sp³-hybridized carbons (Fsp3) is 0.435. The zero-order valence-corrected chi connectivity index (χ0v) is 18.2. The number of nitrogens with one attached hydrogen (secondary N) is 1. The van der Waals surface area contributed by atoms with Gasteiger partial charge in [0.1, 0.15) is 23.0 Å². The number of hydrogen-bond donors (Lipinski definition) is 2. The summed E-state index contributed by atoms with van der Waals surface area (Å²) in [6, 6.07) is 0.821. The predicted octanol–water partition coefficient (Wildman–Crippen LogP) is 2.93. The monoisotopic (exact) mass is 463 g/mol. The lowest BCUT2D eigenvalue weighted by Gasteiger charge is -2.48. The molecule has 0 unspecified atom stereocenters. The molecule has 33 heavy (non-hydrogen) atoms. The Morgan fingerprint density at radius 3 is 2.48 bits per heavy atom. The lowest BCUT2D eigenvalue weighted by atomic mass is 9.84. The van der Waals surface area contributed by atoms with E-state index >= 15 is 0 Å². The fourth-order valence-corrected chi connectivity index (χ4v) is 4.83. The van der Waals surface area contributed by atoms with Crippen molar-refractivity contribution in [3.05, 3.63) is 62.8 Å². The standard InChI is InChI=1S/C23H24F3N3O4/c1-3-13-5-4-11(2)18-10-28-9-15(20(30)21(31)19(28)23(33)29(13)18)22(32)27-8-14-16(25)6-12(24)7-17(14)26/h6-7,9,11,13,18,31H,3-5,8,10H2,1-2H3,(H,27,32)/t11-,13+,18+/m0/s1. The molecular weight excluding hydrogens is 439 g/mol. The summed E-state index contributed by atoms with van der Waals surface area (Å²) in [5, 5.41) is 12.8. The molecule has 3 heterocycles. The number of halogens is 3. The van der Waals surface area contributed by atoms with Crippen molar-refractivity contribution in [2.24, 2.45) is 5.92 Å². The summed E-state index contributed by atoms with van der Waals surface area (Å²) >= 11 is 0. The van der Waals surface area contributed by atoms with Gasteiger partial charge in [-0.15, -0.1) is 0 Å². The summed E-state index contributed by atoms with van der Waals surface area (Å²) in [7, 11) is 0. The van der Waals surface area contributed by atoms with Crippen LogP contribution in [0.3, 0.4) is 0 Å². The van der Waals surface area contributed by atoms with E-state index in [1.165, 1.54) is 10.8 Å². The van der Waals surface area contributed by atoms with Gasteiger partial charge >= 0.3 is 0 Å². The van der Waals surface area contributed by atoms with E-state index in [1.54, 1.807) is 4.90 Å². The van der Waals surface area contributed by atoms with Gasteiger partial charge in [-0.3, -0.25) is 14.4 Å². The maximum atomic E-state index is 13.9. The molecule has 2 amide bonds. The average molecular weight is 463 g/mol. The lowest BCUT2D eigenvalue weighted by molar-refractivity contribution is 0.0149. The van der Waals surface area contributed by atoms with Crippen LogP contribution in [-0.4, -0.2) is 38.5 Å². The van der Waals surface area contributed by atoms with Crippen molar-refractivity contribution in [1.82, 2.24) is 14.8 Å². The van der Waals surface area contributed by atoms with E-state index in [9.17, 15) is 32.7 Å². The molecule has 1 aromatic heterocycles. The minimum absolute atomic E-state index is 0.00503. The molecule has 1 fully saturated rings. The Bertz CT molecular complexity index is 1170. The van der Waals surface area contributed by atoms with Gasteiger partial charge in [0, 0.05) is 43.0 Å². The van der Waals surface area contributed by atoms with Gasteiger partial charge in [0.25, 0.3) is 11.8 Å². The fourth-order valence-electron chi connectivity index (χ4n) is 4.83. The summed E-state index contributed by atoms with van der Waals surface area (Å²) in [6.45, 7) is 3.67. The van der Waals surface area contributed by atoms with Crippen molar-refractivity contribution < 1.29 is 27.9 Å². The molecule has 0 radical (unpaired) electrons. The molecule has 1 saturated heterocycles. The van der Waals surface area contributed by atoms with Gasteiger partial charge < -0.3 is 19.9 Å². The minimum Gasteiger partial charge on any atom is -0.503 e. The van der Waals surface area contributed by atoms with Crippen molar-refractivity contribution in [3.63, 3.8) is 0 Å². The molecule has 7 nitrogen and oxygen atoms in total. The third-order valence-electron chi connectivity index (χ3n) is 6.69. The molecule has 2 aliphatic rings. The Labute approximate surface area is 187 Å². The van der Waals surface area contributed by atoms with Crippen LogP contribution in [0.5, 0.6) is 5.75 Å². The first-order chi connectivity index (χ1) is 15.6. The van der Waals surface area contributed by atoms with E-state index in [2.05, 4.69) is 5.32 Å². The van der Waals surface area contributed by atoms with Crippen LogP contribution >= 0.6 is 0 Å². The number of aromatic hydroxyl groups is 1. The van der Waals surface area contributed by atoms with Crippen LogP contribution in [0.25, 0.3) is 0 Å². The SMILES string of the molecule is CC[C@@H]1CC[C@H](C)[C@H]2Cn3cc(C(=O)NCc4c(F)cc(F)cc4F)c(=O)c(O)c3C(=O)N12. The second-order valence-corrected chi connectivity index (χ2v) is 8.65. The zero-order chi connectivity index (χ0) is 24.0. The van der Waals surface area contributed by atoms with Crippen molar-refractivity contribution in [2.75, 3.05) is 0 Å². The molecule has 2 aliphatic heterocycles. The Balaban J connectivity index is 1.66. The van der Waals surface area contributed by atoms with Crippen molar-refractivity contribution in [1.29, 1.82) is 0 Å². The number of carbonyl (C=O) groups excluding carboxylic acids is 2. The van der Waals surface area contributed by atoms with E-state index in [-0.39, 0.29) is 23.7 Å². The second kappa shape index (κ2) is 8.57. The van der Waals surface area contributed by atoms with Crippen LogP contribution in [0.15, 0.2) is 23.1 Å². The first kappa shape index (κ1) is 22.9. The maximum Gasteiger partial charge on any atom is 0.275 e. The summed E-state index contributed by atoms with van der Waals surface area (Å²) in [5.41, 5.74) is -2.25. The highest BCUT2D eigenvalue weighted by atomic mass is 19.1. The van der Waals surface area contributed by atoms with Gasteiger partial charge in [-0.25, -0.2) is 13.2 Å². The number of aromatic nitrogens is 1. The van der Waals surface area contributed by atoms with Gasteiger partial charge in [0.2, 0.25) is 5.43 Å². The molecule has 0 bridgehead atoms. The van der Waals surface area contributed by atoms with Crippen molar-refractivity contribution in [2.45, 2.75) is 58.3 Å². The number of benzene rings is 1. The van der Waals surface area contributed by atoms with Crippen LogP contribution in [-0.2, 0) is 13.1 Å². The summed E-state index contributed by atoms with van der Waals surface area (Å²) in [5.74, 6) is -5.54. The van der Waals surface area contributed by atoms with E-state index in [1.807, 2.05) is 13.8 Å². The molecule has 3 atom stereocenters. The highest BCUT2D eigenvalue weighted by Crippen LogP contribution is 2.36.